The molecule has 96 valence electrons. The maximum atomic E-state index is 6.08. The first-order valence-corrected chi connectivity index (χ1v) is 6.79. The van der Waals surface area contributed by atoms with Gasteiger partial charge in [-0.05, 0) is 35.8 Å². The molecule has 19 heavy (non-hydrogen) atoms. The van der Waals surface area contributed by atoms with Gasteiger partial charge in [0.05, 0.1) is 0 Å². The normalized spacial score (nSPS) is 20.0. The average Bonchev–Trinajstić information content (AvgIpc) is 2.85. The fourth-order valence-electron chi connectivity index (χ4n) is 2.89. The van der Waals surface area contributed by atoms with Gasteiger partial charge >= 0.3 is 0 Å². The van der Waals surface area contributed by atoms with Crippen LogP contribution in [0.25, 0.3) is 10.8 Å². The van der Waals surface area contributed by atoms with Gasteiger partial charge in [0.1, 0.15) is 11.5 Å². The largest absolute Gasteiger partial charge is 0.460 e. The summed E-state index contributed by atoms with van der Waals surface area (Å²) in [7, 11) is 0. The Balaban J connectivity index is 2.29. The van der Waals surface area contributed by atoms with E-state index in [0.29, 0.717) is 5.92 Å². The molecule has 2 aromatic rings. The highest BCUT2D eigenvalue weighted by Crippen LogP contribution is 2.47. The molecule has 1 atom stereocenters. The van der Waals surface area contributed by atoms with Crippen molar-refractivity contribution in [2.24, 2.45) is 0 Å². The predicted octanol–water partition coefficient (Wildman–Crippen LogP) is 5.19. The molecule has 0 aromatic heterocycles. The molecule has 1 nitrogen and oxygen atoms in total. The van der Waals surface area contributed by atoms with E-state index in [1.165, 1.54) is 16.3 Å². The summed E-state index contributed by atoms with van der Waals surface area (Å²) in [4.78, 5) is 0. The van der Waals surface area contributed by atoms with Crippen LogP contribution in [0.5, 0.6) is 5.75 Å². The van der Waals surface area contributed by atoms with Crippen molar-refractivity contribution in [2.45, 2.75) is 26.2 Å². The van der Waals surface area contributed by atoms with Crippen LogP contribution in [0.15, 0.2) is 60.4 Å². The van der Waals surface area contributed by atoms with Gasteiger partial charge in [0.25, 0.3) is 0 Å². The standard InChI is InChI=1S/C18H18O/c1-4-12(3)18-14(5-2)17-15-9-7-6-8-13(15)10-11-16(17)19-18/h4,6-11,14H,1,5H2,2-3H3/b18-12+. The van der Waals surface area contributed by atoms with Crippen molar-refractivity contribution in [3.63, 3.8) is 0 Å². The summed E-state index contributed by atoms with van der Waals surface area (Å²) < 4.78 is 6.08. The maximum absolute atomic E-state index is 6.08. The van der Waals surface area contributed by atoms with Gasteiger partial charge < -0.3 is 4.74 Å². The summed E-state index contributed by atoms with van der Waals surface area (Å²) in [6.07, 6.45) is 2.92. The minimum Gasteiger partial charge on any atom is -0.460 e. The van der Waals surface area contributed by atoms with Crippen molar-refractivity contribution in [3.05, 3.63) is 65.9 Å². The molecule has 0 saturated carbocycles. The SMILES string of the molecule is C=C/C(C)=C1/Oc2ccc3ccccc3c2C1CC. The maximum Gasteiger partial charge on any atom is 0.131 e. The molecule has 1 heteroatoms. The summed E-state index contributed by atoms with van der Waals surface area (Å²) in [6, 6.07) is 12.7. The lowest BCUT2D eigenvalue weighted by molar-refractivity contribution is 0.419. The average molecular weight is 250 g/mol. The molecule has 0 bridgehead atoms. The Bertz CT molecular complexity index is 679. The zero-order valence-corrected chi connectivity index (χ0v) is 11.4. The Labute approximate surface area is 114 Å². The number of benzene rings is 2. The van der Waals surface area contributed by atoms with Gasteiger partial charge in [0.15, 0.2) is 0 Å². The van der Waals surface area contributed by atoms with Gasteiger partial charge in [-0.15, -0.1) is 0 Å². The molecule has 0 N–H and O–H groups in total. The summed E-state index contributed by atoms with van der Waals surface area (Å²) >= 11 is 0. The third kappa shape index (κ3) is 1.77. The number of hydrogen-bond acceptors (Lipinski definition) is 1. The first kappa shape index (κ1) is 12.0. The molecule has 0 amide bonds. The first-order chi connectivity index (χ1) is 9.26. The Morgan fingerprint density at radius 3 is 2.79 bits per heavy atom. The van der Waals surface area contributed by atoms with E-state index in [2.05, 4.69) is 56.8 Å². The van der Waals surface area contributed by atoms with Crippen molar-refractivity contribution >= 4 is 10.8 Å². The minimum absolute atomic E-state index is 0.346. The Hall–Kier alpha value is -2.02. The monoisotopic (exact) mass is 250 g/mol. The molecular weight excluding hydrogens is 232 g/mol. The van der Waals surface area contributed by atoms with Crippen LogP contribution in [0.1, 0.15) is 31.7 Å². The zero-order valence-electron chi connectivity index (χ0n) is 11.4. The number of allylic oxidation sites excluding steroid dienone is 3. The number of ether oxygens (including phenoxy) is 1. The van der Waals surface area contributed by atoms with E-state index in [1.54, 1.807) is 0 Å². The minimum atomic E-state index is 0.346. The van der Waals surface area contributed by atoms with Gasteiger partial charge in [0, 0.05) is 11.5 Å². The van der Waals surface area contributed by atoms with E-state index in [4.69, 9.17) is 4.74 Å². The van der Waals surface area contributed by atoms with E-state index in [-0.39, 0.29) is 0 Å². The van der Waals surface area contributed by atoms with E-state index < -0.39 is 0 Å². The molecule has 1 heterocycles. The van der Waals surface area contributed by atoms with E-state index in [0.717, 1.165) is 23.5 Å². The molecule has 0 spiro atoms. The van der Waals surface area contributed by atoms with Gasteiger partial charge in [-0.3, -0.25) is 0 Å². The van der Waals surface area contributed by atoms with Crippen LogP contribution in [0.2, 0.25) is 0 Å². The van der Waals surface area contributed by atoms with Crippen LogP contribution in [0.3, 0.4) is 0 Å². The highest BCUT2D eigenvalue weighted by atomic mass is 16.5. The van der Waals surface area contributed by atoms with Gasteiger partial charge in [-0.25, -0.2) is 0 Å². The van der Waals surface area contributed by atoms with Crippen molar-refractivity contribution in [1.29, 1.82) is 0 Å². The molecular formula is C18H18O. The molecule has 0 saturated heterocycles. The number of fused-ring (bicyclic) bond motifs is 3. The van der Waals surface area contributed by atoms with Crippen molar-refractivity contribution in [2.75, 3.05) is 0 Å². The van der Waals surface area contributed by atoms with Crippen molar-refractivity contribution in [1.82, 2.24) is 0 Å². The fraction of sp³-hybridized carbons (Fsp3) is 0.222. The molecule has 1 aliphatic heterocycles. The van der Waals surface area contributed by atoms with E-state index >= 15 is 0 Å². The van der Waals surface area contributed by atoms with Gasteiger partial charge in [0.2, 0.25) is 0 Å². The summed E-state index contributed by atoms with van der Waals surface area (Å²) in [6.45, 7) is 8.14. The van der Waals surface area contributed by atoms with Crippen LogP contribution >= 0.6 is 0 Å². The van der Waals surface area contributed by atoms with Crippen LogP contribution < -0.4 is 4.74 Å². The molecule has 0 radical (unpaired) electrons. The van der Waals surface area contributed by atoms with E-state index in [9.17, 15) is 0 Å². The first-order valence-electron chi connectivity index (χ1n) is 6.79. The smallest absolute Gasteiger partial charge is 0.131 e. The Morgan fingerprint density at radius 2 is 2.05 bits per heavy atom. The highest BCUT2D eigenvalue weighted by Gasteiger charge is 2.30. The summed E-state index contributed by atoms with van der Waals surface area (Å²) in [5.41, 5.74) is 2.46. The van der Waals surface area contributed by atoms with Gasteiger partial charge in [-0.2, -0.15) is 0 Å². The topological polar surface area (TPSA) is 9.23 Å². The van der Waals surface area contributed by atoms with Gasteiger partial charge in [-0.1, -0.05) is 49.9 Å². The molecule has 1 aliphatic rings. The highest BCUT2D eigenvalue weighted by molar-refractivity contribution is 5.89. The fourth-order valence-corrected chi connectivity index (χ4v) is 2.89. The van der Waals surface area contributed by atoms with Crippen LogP contribution in [-0.2, 0) is 0 Å². The van der Waals surface area contributed by atoms with Crippen LogP contribution in [0, 0.1) is 0 Å². The summed E-state index contributed by atoms with van der Waals surface area (Å²) in [5.74, 6) is 2.41. The van der Waals surface area contributed by atoms with Crippen molar-refractivity contribution in [3.8, 4) is 5.75 Å². The second kappa shape index (κ2) is 4.58. The zero-order chi connectivity index (χ0) is 13.4. The Kier molecular flexibility index (Phi) is 2.90. The number of rotatable bonds is 2. The van der Waals surface area contributed by atoms with Crippen LogP contribution in [-0.4, -0.2) is 0 Å². The quantitative estimate of drug-likeness (QED) is 0.713. The lowest BCUT2D eigenvalue weighted by Gasteiger charge is -2.11. The lowest BCUT2D eigenvalue weighted by Crippen LogP contribution is -2.00. The predicted molar refractivity (Wildman–Crippen MR) is 80.5 cm³/mol. The molecule has 0 aliphatic carbocycles. The molecule has 3 rings (SSSR count). The van der Waals surface area contributed by atoms with E-state index in [1.807, 2.05) is 6.08 Å². The Morgan fingerprint density at radius 1 is 1.26 bits per heavy atom. The third-order valence-corrected chi connectivity index (χ3v) is 3.92. The number of hydrogen-bond donors (Lipinski definition) is 0. The lowest BCUT2D eigenvalue weighted by atomic mass is 9.90. The van der Waals surface area contributed by atoms with Crippen molar-refractivity contribution < 1.29 is 4.74 Å². The second-order valence-corrected chi connectivity index (χ2v) is 5.01. The summed E-state index contributed by atoms with van der Waals surface area (Å²) in [5, 5.41) is 2.58. The van der Waals surface area contributed by atoms with Crippen LogP contribution in [0.4, 0.5) is 0 Å². The second-order valence-electron chi connectivity index (χ2n) is 5.01. The molecule has 1 unspecified atom stereocenters. The molecule has 2 aromatic carbocycles. The third-order valence-electron chi connectivity index (χ3n) is 3.92. The molecule has 0 fully saturated rings.